The summed E-state index contributed by atoms with van der Waals surface area (Å²) in [5.74, 6) is 1.17. The number of anilines is 1. The lowest BCUT2D eigenvalue weighted by molar-refractivity contribution is 0.415. The molecule has 0 aliphatic carbocycles. The molecule has 82 valence electrons. The van der Waals surface area contributed by atoms with Gasteiger partial charge in [0.05, 0.1) is 19.0 Å². The predicted octanol–water partition coefficient (Wildman–Crippen LogP) is 2.50. The van der Waals surface area contributed by atoms with E-state index in [-0.39, 0.29) is 0 Å². The molecule has 0 unspecified atom stereocenters. The molecule has 0 saturated heterocycles. The Balaban J connectivity index is 2.46. The topological polar surface area (TPSA) is 61.0 Å². The number of aromatic nitrogens is 2. The minimum atomic E-state index is 0.381. The van der Waals surface area contributed by atoms with E-state index in [4.69, 9.17) is 10.5 Å². The molecular formula is C11H10BrN3O. The summed E-state index contributed by atoms with van der Waals surface area (Å²) in [7, 11) is 1.63. The SMILES string of the molecule is COc1cccc(-c2cnc(N)c(Br)n2)c1. The van der Waals surface area contributed by atoms with Gasteiger partial charge >= 0.3 is 0 Å². The number of nitrogen functional groups attached to an aromatic ring is 1. The van der Waals surface area contributed by atoms with Crippen LogP contribution in [-0.2, 0) is 0 Å². The second-order valence-electron chi connectivity index (χ2n) is 3.16. The minimum absolute atomic E-state index is 0.381. The first-order chi connectivity index (χ1) is 7.70. The quantitative estimate of drug-likeness (QED) is 0.918. The van der Waals surface area contributed by atoms with E-state index in [1.807, 2.05) is 24.3 Å². The molecule has 0 fully saturated rings. The zero-order chi connectivity index (χ0) is 11.5. The smallest absolute Gasteiger partial charge is 0.156 e. The van der Waals surface area contributed by atoms with Crippen molar-refractivity contribution in [3.63, 3.8) is 0 Å². The van der Waals surface area contributed by atoms with Gasteiger partial charge in [-0.2, -0.15) is 0 Å². The van der Waals surface area contributed by atoms with E-state index in [0.29, 0.717) is 10.4 Å². The van der Waals surface area contributed by atoms with E-state index in [9.17, 15) is 0 Å². The van der Waals surface area contributed by atoms with Crippen LogP contribution in [0, 0.1) is 0 Å². The Hall–Kier alpha value is -1.62. The number of rotatable bonds is 2. The maximum absolute atomic E-state index is 5.58. The van der Waals surface area contributed by atoms with Gasteiger partial charge in [0.1, 0.15) is 10.4 Å². The lowest BCUT2D eigenvalue weighted by Crippen LogP contribution is -1.95. The number of benzene rings is 1. The van der Waals surface area contributed by atoms with Gasteiger partial charge in [0, 0.05) is 5.56 Å². The molecule has 1 aromatic carbocycles. The lowest BCUT2D eigenvalue weighted by atomic mass is 10.1. The second kappa shape index (κ2) is 4.49. The summed E-state index contributed by atoms with van der Waals surface area (Å²) in [6, 6.07) is 7.62. The van der Waals surface area contributed by atoms with Crippen LogP contribution in [0.15, 0.2) is 35.1 Å². The number of halogens is 1. The molecular weight excluding hydrogens is 270 g/mol. The number of hydrogen-bond donors (Lipinski definition) is 1. The third-order valence-electron chi connectivity index (χ3n) is 2.12. The largest absolute Gasteiger partial charge is 0.497 e. The number of ether oxygens (including phenoxy) is 1. The van der Waals surface area contributed by atoms with Crippen LogP contribution in [0.3, 0.4) is 0 Å². The Morgan fingerprint density at radius 3 is 2.88 bits per heavy atom. The van der Waals surface area contributed by atoms with Crippen LogP contribution in [0.1, 0.15) is 0 Å². The summed E-state index contributed by atoms with van der Waals surface area (Å²) >= 11 is 3.25. The van der Waals surface area contributed by atoms with Crippen LogP contribution in [0.2, 0.25) is 0 Å². The summed E-state index contributed by atoms with van der Waals surface area (Å²) in [6.07, 6.45) is 1.63. The maximum atomic E-state index is 5.58. The van der Waals surface area contributed by atoms with Gasteiger partial charge in [-0.25, -0.2) is 9.97 Å². The van der Waals surface area contributed by atoms with Crippen molar-refractivity contribution in [2.45, 2.75) is 0 Å². The van der Waals surface area contributed by atoms with E-state index in [1.54, 1.807) is 13.3 Å². The van der Waals surface area contributed by atoms with E-state index in [1.165, 1.54) is 0 Å². The molecule has 0 aliphatic heterocycles. The van der Waals surface area contributed by atoms with Crippen molar-refractivity contribution in [2.24, 2.45) is 0 Å². The molecule has 0 bridgehead atoms. The number of nitrogens with zero attached hydrogens (tertiary/aromatic N) is 2. The molecule has 2 rings (SSSR count). The Bertz CT molecular complexity index is 516. The average Bonchev–Trinajstić information content (AvgIpc) is 2.33. The summed E-state index contributed by atoms with van der Waals surface area (Å²) in [5.41, 5.74) is 7.27. The Labute approximate surface area is 102 Å². The van der Waals surface area contributed by atoms with Gasteiger partial charge in [0.15, 0.2) is 5.82 Å². The Morgan fingerprint density at radius 2 is 2.19 bits per heavy atom. The molecule has 0 amide bonds. The van der Waals surface area contributed by atoms with E-state index < -0.39 is 0 Å². The predicted molar refractivity (Wildman–Crippen MR) is 66.1 cm³/mol. The summed E-state index contributed by atoms with van der Waals surface area (Å²) in [4.78, 5) is 8.33. The standard InChI is InChI=1S/C11H10BrN3O/c1-16-8-4-2-3-7(5-8)9-6-14-11(13)10(12)15-9/h2-6H,1H3,(H2,13,14). The van der Waals surface area contributed by atoms with E-state index in [2.05, 4.69) is 25.9 Å². The molecule has 2 aromatic rings. The minimum Gasteiger partial charge on any atom is -0.497 e. The van der Waals surface area contributed by atoms with Gasteiger partial charge in [0.25, 0.3) is 0 Å². The van der Waals surface area contributed by atoms with Gasteiger partial charge in [-0.15, -0.1) is 0 Å². The van der Waals surface area contributed by atoms with Crippen molar-refractivity contribution in [3.05, 3.63) is 35.1 Å². The third kappa shape index (κ3) is 2.14. The summed E-state index contributed by atoms with van der Waals surface area (Å²) in [5, 5.41) is 0. The van der Waals surface area contributed by atoms with Crippen molar-refractivity contribution >= 4 is 21.7 Å². The average molecular weight is 280 g/mol. The van der Waals surface area contributed by atoms with Crippen LogP contribution >= 0.6 is 15.9 Å². The van der Waals surface area contributed by atoms with Crippen molar-refractivity contribution in [2.75, 3.05) is 12.8 Å². The Kier molecular flexibility index (Phi) is 3.05. The molecule has 0 atom stereocenters. The number of hydrogen-bond acceptors (Lipinski definition) is 4. The zero-order valence-electron chi connectivity index (χ0n) is 8.64. The molecule has 0 radical (unpaired) electrons. The van der Waals surface area contributed by atoms with Crippen LogP contribution in [0.4, 0.5) is 5.82 Å². The van der Waals surface area contributed by atoms with Crippen molar-refractivity contribution in [1.82, 2.24) is 9.97 Å². The molecule has 2 N–H and O–H groups in total. The summed E-state index contributed by atoms with van der Waals surface area (Å²) in [6.45, 7) is 0. The number of methoxy groups -OCH3 is 1. The second-order valence-corrected chi connectivity index (χ2v) is 3.91. The normalized spacial score (nSPS) is 10.1. The first-order valence-corrected chi connectivity index (χ1v) is 5.42. The van der Waals surface area contributed by atoms with E-state index in [0.717, 1.165) is 17.0 Å². The molecule has 16 heavy (non-hydrogen) atoms. The summed E-state index contributed by atoms with van der Waals surface area (Å²) < 4.78 is 5.69. The first kappa shape index (κ1) is 10.9. The molecule has 0 saturated carbocycles. The van der Waals surface area contributed by atoms with Crippen LogP contribution in [0.25, 0.3) is 11.3 Å². The zero-order valence-corrected chi connectivity index (χ0v) is 10.2. The van der Waals surface area contributed by atoms with Gasteiger partial charge in [0.2, 0.25) is 0 Å². The number of nitrogens with two attached hydrogens (primary N) is 1. The van der Waals surface area contributed by atoms with Gasteiger partial charge in [-0.1, -0.05) is 12.1 Å². The molecule has 0 aliphatic rings. The van der Waals surface area contributed by atoms with Crippen molar-refractivity contribution < 1.29 is 4.74 Å². The molecule has 4 nitrogen and oxygen atoms in total. The molecule has 1 aromatic heterocycles. The van der Waals surface area contributed by atoms with Crippen molar-refractivity contribution in [1.29, 1.82) is 0 Å². The van der Waals surface area contributed by atoms with Gasteiger partial charge in [-0.3, -0.25) is 0 Å². The Morgan fingerprint density at radius 1 is 1.38 bits per heavy atom. The first-order valence-electron chi connectivity index (χ1n) is 4.63. The molecule has 0 spiro atoms. The highest BCUT2D eigenvalue weighted by Gasteiger charge is 2.04. The van der Waals surface area contributed by atoms with Crippen molar-refractivity contribution in [3.8, 4) is 17.0 Å². The highest BCUT2D eigenvalue weighted by atomic mass is 79.9. The van der Waals surface area contributed by atoms with Gasteiger partial charge in [-0.05, 0) is 28.1 Å². The third-order valence-corrected chi connectivity index (χ3v) is 2.70. The maximum Gasteiger partial charge on any atom is 0.156 e. The molecule has 5 heteroatoms. The highest BCUT2D eigenvalue weighted by Crippen LogP contribution is 2.24. The van der Waals surface area contributed by atoms with Gasteiger partial charge < -0.3 is 10.5 Å². The fourth-order valence-electron chi connectivity index (χ4n) is 1.30. The highest BCUT2D eigenvalue weighted by molar-refractivity contribution is 9.10. The van der Waals surface area contributed by atoms with E-state index >= 15 is 0 Å². The fraction of sp³-hybridized carbons (Fsp3) is 0.0909. The monoisotopic (exact) mass is 279 g/mol. The lowest BCUT2D eigenvalue weighted by Gasteiger charge is -2.04. The van der Waals surface area contributed by atoms with Crippen LogP contribution in [-0.4, -0.2) is 17.1 Å². The fourth-order valence-corrected chi connectivity index (χ4v) is 1.59. The molecule has 1 heterocycles. The van der Waals surface area contributed by atoms with Crippen LogP contribution < -0.4 is 10.5 Å². The van der Waals surface area contributed by atoms with Crippen LogP contribution in [0.5, 0.6) is 5.75 Å².